The van der Waals surface area contributed by atoms with E-state index in [1.54, 1.807) is 30.3 Å². The molecule has 4 rings (SSSR count). The Morgan fingerprint density at radius 2 is 1.86 bits per heavy atom. The van der Waals surface area contributed by atoms with Gasteiger partial charge in [0, 0.05) is 23.1 Å². The zero-order valence-electron chi connectivity index (χ0n) is 15.5. The van der Waals surface area contributed by atoms with Crippen molar-refractivity contribution >= 4 is 45.9 Å². The number of rotatable bonds is 3. The third-order valence-corrected chi connectivity index (χ3v) is 6.02. The van der Waals surface area contributed by atoms with Crippen molar-refractivity contribution in [1.29, 1.82) is 0 Å². The molecule has 144 valence electrons. The van der Waals surface area contributed by atoms with Crippen LogP contribution in [0.5, 0.6) is 0 Å². The van der Waals surface area contributed by atoms with E-state index in [9.17, 15) is 9.59 Å². The number of benzene rings is 2. The van der Waals surface area contributed by atoms with Gasteiger partial charge in [0.1, 0.15) is 0 Å². The van der Waals surface area contributed by atoms with Crippen molar-refractivity contribution in [3.05, 3.63) is 68.3 Å². The number of hydrogen-bond acceptors (Lipinski definition) is 2. The summed E-state index contributed by atoms with van der Waals surface area (Å²) in [6.45, 7) is 4.16. The van der Waals surface area contributed by atoms with Gasteiger partial charge in [-0.1, -0.05) is 49.2 Å². The minimum atomic E-state index is -0.960. The maximum Gasteiger partial charge on any atom is 0.335 e. The molecule has 0 saturated carbocycles. The highest BCUT2D eigenvalue weighted by molar-refractivity contribution is 6.42. The van der Waals surface area contributed by atoms with Crippen molar-refractivity contribution in [2.45, 2.75) is 33.1 Å². The Bertz CT molecular complexity index is 1130. The molecule has 2 aromatic carbocycles. The number of ketones is 1. The number of fused-ring (bicyclic) bond motifs is 3. The van der Waals surface area contributed by atoms with Gasteiger partial charge in [-0.15, -0.1) is 0 Å². The van der Waals surface area contributed by atoms with Crippen LogP contribution in [-0.2, 0) is 12.8 Å². The van der Waals surface area contributed by atoms with Gasteiger partial charge in [-0.3, -0.25) is 4.79 Å². The third kappa shape index (κ3) is 3.21. The quantitative estimate of drug-likeness (QED) is 0.557. The van der Waals surface area contributed by atoms with Gasteiger partial charge in [0.25, 0.3) is 0 Å². The van der Waals surface area contributed by atoms with Crippen LogP contribution in [0, 0.1) is 5.41 Å². The number of aromatic amines is 1. The highest BCUT2D eigenvalue weighted by Gasteiger charge is 2.35. The van der Waals surface area contributed by atoms with Gasteiger partial charge >= 0.3 is 5.97 Å². The molecule has 0 unspecified atom stereocenters. The largest absolute Gasteiger partial charge is 0.478 e. The lowest BCUT2D eigenvalue weighted by Gasteiger charge is -2.28. The van der Waals surface area contributed by atoms with Crippen molar-refractivity contribution in [3.63, 3.8) is 0 Å². The number of carbonyl (C=O) groups excluding carboxylic acids is 1. The third-order valence-electron chi connectivity index (χ3n) is 5.29. The molecule has 1 heterocycles. The second kappa shape index (κ2) is 6.64. The standard InChI is InChI=1S/C22H19Cl2NO3/c1-22(2)9-15-18(16(26)10-22)17-14(23)8-13(19(24)20(17)25-15)7-11-3-5-12(6-4-11)21(27)28/h3-6,8,25H,7,9-10H2,1-2H3,(H,27,28). The lowest BCUT2D eigenvalue weighted by atomic mass is 9.76. The molecular weight excluding hydrogens is 397 g/mol. The SMILES string of the molecule is CC1(C)CC(=O)c2c([nH]c3c(Cl)c(Cc4ccc(C(=O)O)cc4)cc(Cl)c23)C1. The Kier molecular flexibility index (Phi) is 4.52. The molecule has 0 fully saturated rings. The van der Waals surface area contributed by atoms with Crippen molar-refractivity contribution in [3.8, 4) is 0 Å². The number of aromatic carboxylic acids is 1. The normalized spacial score (nSPS) is 15.6. The van der Waals surface area contributed by atoms with Crippen LogP contribution in [0.25, 0.3) is 10.9 Å². The molecule has 28 heavy (non-hydrogen) atoms. The lowest BCUT2D eigenvalue weighted by Crippen LogP contribution is -2.26. The van der Waals surface area contributed by atoms with Gasteiger partial charge < -0.3 is 10.1 Å². The summed E-state index contributed by atoms with van der Waals surface area (Å²) in [7, 11) is 0. The molecule has 0 radical (unpaired) electrons. The number of aromatic nitrogens is 1. The van der Waals surface area contributed by atoms with E-state index in [-0.39, 0.29) is 16.8 Å². The first-order valence-electron chi connectivity index (χ1n) is 9.03. The predicted octanol–water partition coefficient (Wildman–Crippen LogP) is 5.92. The maximum atomic E-state index is 12.7. The summed E-state index contributed by atoms with van der Waals surface area (Å²) in [6.07, 6.45) is 1.76. The fourth-order valence-electron chi connectivity index (χ4n) is 4.02. The molecule has 0 saturated heterocycles. The fraction of sp³-hybridized carbons (Fsp3) is 0.273. The molecule has 1 aliphatic carbocycles. The van der Waals surface area contributed by atoms with Gasteiger partial charge in [0.2, 0.25) is 0 Å². The topological polar surface area (TPSA) is 70.2 Å². The number of carboxylic acid groups (broad SMARTS) is 1. The van der Waals surface area contributed by atoms with E-state index in [1.807, 2.05) is 0 Å². The van der Waals surface area contributed by atoms with Crippen molar-refractivity contribution < 1.29 is 14.7 Å². The fourth-order valence-corrected chi connectivity index (χ4v) is 4.61. The molecule has 1 aromatic heterocycles. The van der Waals surface area contributed by atoms with Crippen molar-refractivity contribution in [1.82, 2.24) is 4.98 Å². The molecule has 0 amide bonds. The number of carboxylic acids is 1. The number of Topliss-reactive ketones (excluding diaryl/α,β-unsaturated/α-hetero) is 1. The van der Waals surface area contributed by atoms with Crippen LogP contribution in [0.3, 0.4) is 0 Å². The summed E-state index contributed by atoms with van der Waals surface area (Å²) >= 11 is 13.3. The molecular formula is C22H19Cl2NO3. The van der Waals surface area contributed by atoms with Crippen molar-refractivity contribution in [2.75, 3.05) is 0 Å². The minimum absolute atomic E-state index is 0.0903. The van der Waals surface area contributed by atoms with E-state index < -0.39 is 5.97 Å². The van der Waals surface area contributed by atoms with Gasteiger partial charge in [-0.05, 0) is 47.6 Å². The van der Waals surface area contributed by atoms with Crippen LogP contribution in [0.15, 0.2) is 30.3 Å². The molecule has 4 nitrogen and oxygen atoms in total. The average molecular weight is 416 g/mol. The average Bonchev–Trinajstić information content (AvgIpc) is 2.99. The van der Waals surface area contributed by atoms with Crippen LogP contribution in [0.1, 0.15) is 57.8 Å². The van der Waals surface area contributed by atoms with E-state index >= 15 is 0 Å². The van der Waals surface area contributed by atoms with Crippen LogP contribution in [0.4, 0.5) is 0 Å². The number of nitrogens with one attached hydrogen (secondary N) is 1. The summed E-state index contributed by atoms with van der Waals surface area (Å²) in [5, 5.41) is 10.8. The molecule has 6 heteroatoms. The Balaban J connectivity index is 1.79. The highest BCUT2D eigenvalue weighted by atomic mass is 35.5. The Morgan fingerprint density at radius 3 is 2.50 bits per heavy atom. The maximum absolute atomic E-state index is 12.7. The van der Waals surface area contributed by atoms with E-state index in [4.69, 9.17) is 28.3 Å². The summed E-state index contributed by atoms with van der Waals surface area (Å²) in [5.41, 5.74) is 4.15. The molecule has 0 bridgehead atoms. The zero-order chi connectivity index (χ0) is 20.2. The summed E-state index contributed by atoms with van der Waals surface area (Å²) < 4.78 is 0. The van der Waals surface area contributed by atoms with Gasteiger partial charge in [-0.2, -0.15) is 0 Å². The van der Waals surface area contributed by atoms with Crippen LogP contribution in [0.2, 0.25) is 10.0 Å². The van der Waals surface area contributed by atoms with Crippen molar-refractivity contribution in [2.24, 2.45) is 5.41 Å². The first-order valence-corrected chi connectivity index (χ1v) is 9.79. The summed E-state index contributed by atoms with van der Waals surface area (Å²) in [5.74, 6) is -0.869. The number of carbonyl (C=O) groups is 2. The van der Waals surface area contributed by atoms with Gasteiger partial charge in [0.05, 0.1) is 21.1 Å². The van der Waals surface area contributed by atoms with E-state index in [0.29, 0.717) is 39.4 Å². The smallest absolute Gasteiger partial charge is 0.335 e. The Labute approximate surface area is 172 Å². The minimum Gasteiger partial charge on any atom is -0.478 e. The Hall–Kier alpha value is -2.30. The lowest BCUT2D eigenvalue weighted by molar-refractivity contribution is 0.0696. The summed E-state index contributed by atoms with van der Waals surface area (Å²) in [6, 6.07) is 8.48. The molecule has 0 aliphatic heterocycles. The van der Waals surface area contributed by atoms with Gasteiger partial charge in [-0.25, -0.2) is 4.79 Å². The molecule has 1 aliphatic rings. The predicted molar refractivity (Wildman–Crippen MR) is 111 cm³/mol. The second-order valence-corrected chi connectivity index (χ2v) is 8.97. The highest BCUT2D eigenvalue weighted by Crippen LogP contribution is 2.43. The van der Waals surface area contributed by atoms with E-state index in [2.05, 4.69) is 18.8 Å². The van der Waals surface area contributed by atoms with Crippen LogP contribution >= 0.6 is 23.2 Å². The molecule has 0 spiro atoms. The van der Waals surface area contributed by atoms with E-state index in [0.717, 1.165) is 23.2 Å². The number of halogens is 2. The van der Waals surface area contributed by atoms with Crippen LogP contribution in [-0.4, -0.2) is 21.8 Å². The monoisotopic (exact) mass is 415 g/mol. The first kappa shape index (κ1) is 19.0. The van der Waals surface area contributed by atoms with Crippen LogP contribution < -0.4 is 0 Å². The second-order valence-electron chi connectivity index (χ2n) is 8.18. The molecule has 3 aromatic rings. The number of H-pyrrole nitrogens is 1. The molecule has 0 atom stereocenters. The van der Waals surface area contributed by atoms with E-state index in [1.165, 1.54) is 0 Å². The summed E-state index contributed by atoms with van der Waals surface area (Å²) in [4.78, 5) is 27.1. The molecule has 2 N–H and O–H groups in total. The first-order chi connectivity index (χ1) is 13.2. The number of hydrogen-bond donors (Lipinski definition) is 2. The Morgan fingerprint density at radius 1 is 1.18 bits per heavy atom. The zero-order valence-corrected chi connectivity index (χ0v) is 17.0. The van der Waals surface area contributed by atoms with Gasteiger partial charge in [0.15, 0.2) is 5.78 Å².